The molecule has 0 aliphatic heterocycles. The summed E-state index contributed by atoms with van der Waals surface area (Å²) in [6, 6.07) is 0.206. The molecule has 1 heterocycles. The van der Waals surface area contributed by atoms with E-state index in [1.807, 2.05) is 11.6 Å². The van der Waals surface area contributed by atoms with Crippen LogP contribution in [0.2, 0.25) is 0 Å². The number of likely N-dealkylation sites (N-methyl/N-ethyl adjacent to an activating group) is 1. The van der Waals surface area contributed by atoms with Crippen LogP contribution in [0.4, 0.5) is 0 Å². The topological polar surface area (TPSA) is 85.8 Å². The summed E-state index contributed by atoms with van der Waals surface area (Å²) in [5, 5.41) is 7.40. The van der Waals surface area contributed by atoms with Crippen molar-refractivity contribution in [2.24, 2.45) is 5.73 Å². The summed E-state index contributed by atoms with van der Waals surface area (Å²) in [6.45, 7) is 2.73. The summed E-state index contributed by atoms with van der Waals surface area (Å²) in [6.07, 6.45) is 6.71. The van der Waals surface area contributed by atoms with Crippen LogP contribution in [0.5, 0.6) is 0 Å². The van der Waals surface area contributed by atoms with Crippen molar-refractivity contribution in [3.8, 4) is 0 Å². The minimum atomic E-state index is -0.580. The number of amides is 1. The van der Waals surface area contributed by atoms with Gasteiger partial charge in [0, 0.05) is 0 Å². The molecular weight excluding hydrogens is 218 g/mol. The number of aromatic nitrogens is 3. The highest BCUT2D eigenvalue weighted by atomic mass is 16.1. The molecule has 94 valence electrons. The lowest BCUT2D eigenvalue weighted by atomic mass is 9.78. The number of rotatable bonds is 4. The van der Waals surface area contributed by atoms with Crippen molar-refractivity contribution in [3.05, 3.63) is 12.7 Å². The van der Waals surface area contributed by atoms with E-state index in [0.29, 0.717) is 6.42 Å². The number of hydrogen-bond donors (Lipinski definition) is 2. The zero-order valence-corrected chi connectivity index (χ0v) is 10.1. The molecule has 1 aliphatic carbocycles. The molecule has 1 fully saturated rings. The molecule has 17 heavy (non-hydrogen) atoms. The van der Waals surface area contributed by atoms with Gasteiger partial charge in [-0.3, -0.25) is 4.79 Å². The van der Waals surface area contributed by atoms with E-state index >= 15 is 0 Å². The predicted octanol–water partition coefficient (Wildman–Crippen LogP) is 0.227. The standard InChI is InChI=1S/C11H19N5O/c1-2-14-11(10(12)17)5-3-4-9(6-11)16-8-13-7-15-16/h7-9,14H,2-6H2,1H3,(H2,12,17). The first kappa shape index (κ1) is 12.0. The molecule has 1 aromatic rings. The molecule has 2 unspecified atom stereocenters. The molecule has 2 atom stereocenters. The Kier molecular flexibility index (Phi) is 3.42. The molecule has 2 rings (SSSR count). The predicted molar refractivity (Wildman–Crippen MR) is 63.1 cm³/mol. The second-order valence-electron chi connectivity index (χ2n) is 4.60. The molecule has 3 N–H and O–H groups in total. The molecule has 6 heteroatoms. The van der Waals surface area contributed by atoms with Crippen molar-refractivity contribution in [3.63, 3.8) is 0 Å². The maximum Gasteiger partial charge on any atom is 0.237 e. The van der Waals surface area contributed by atoms with Crippen LogP contribution in [0.15, 0.2) is 12.7 Å². The van der Waals surface area contributed by atoms with Gasteiger partial charge in [-0.2, -0.15) is 5.10 Å². The summed E-state index contributed by atoms with van der Waals surface area (Å²) in [5.41, 5.74) is 4.98. The van der Waals surface area contributed by atoms with Crippen molar-refractivity contribution >= 4 is 5.91 Å². The smallest absolute Gasteiger partial charge is 0.237 e. The quantitative estimate of drug-likeness (QED) is 0.784. The van der Waals surface area contributed by atoms with Crippen LogP contribution in [0.25, 0.3) is 0 Å². The molecular formula is C11H19N5O. The summed E-state index contributed by atoms with van der Waals surface area (Å²) in [4.78, 5) is 15.6. The number of nitrogens with one attached hydrogen (secondary N) is 1. The maximum absolute atomic E-state index is 11.7. The number of hydrogen-bond acceptors (Lipinski definition) is 4. The second-order valence-corrected chi connectivity index (χ2v) is 4.60. The van der Waals surface area contributed by atoms with Crippen molar-refractivity contribution in [1.29, 1.82) is 0 Å². The number of carbonyl (C=O) groups excluding carboxylic acids is 1. The third kappa shape index (κ3) is 2.31. The lowest BCUT2D eigenvalue weighted by Crippen LogP contribution is -2.57. The van der Waals surface area contributed by atoms with Gasteiger partial charge >= 0.3 is 0 Å². The normalized spacial score (nSPS) is 29.1. The van der Waals surface area contributed by atoms with Crippen molar-refractivity contribution in [1.82, 2.24) is 20.1 Å². The van der Waals surface area contributed by atoms with Gasteiger partial charge in [0.2, 0.25) is 5.91 Å². The van der Waals surface area contributed by atoms with Crippen molar-refractivity contribution < 1.29 is 4.79 Å². The van der Waals surface area contributed by atoms with Gasteiger partial charge in [0.1, 0.15) is 12.7 Å². The Bertz CT molecular complexity index is 373. The Balaban J connectivity index is 2.17. The summed E-state index contributed by atoms with van der Waals surface area (Å²) in [7, 11) is 0. The van der Waals surface area contributed by atoms with Crippen LogP contribution < -0.4 is 11.1 Å². The first-order valence-electron chi connectivity index (χ1n) is 6.07. The average molecular weight is 237 g/mol. The molecule has 0 bridgehead atoms. The Morgan fingerprint density at radius 1 is 1.71 bits per heavy atom. The van der Waals surface area contributed by atoms with Gasteiger partial charge < -0.3 is 11.1 Å². The van der Waals surface area contributed by atoms with E-state index in [1.54, 1.807) is 6.33 Å². The lowest BCUT2D eigenvalue weighted by Gasteiger charge is -2.39. The van der Waals surface area contributed by atoms with Crippen LogP contribution in [-0.2, 0) is 4.79 Å². The van der Waals surface area contributed by atoms with Gasteiger partial charge in [-0.25, -0.2) is 9.67 Å². The van der Waals surface area contributed by atoms with Crippen LogP contribution in [0.3, 0.4) is 0 Å². The summed E-state index contributed by atoms with van der Waals surface area (Å²) in [5.74, 6) is -0.260. The molecule has 0 spiro atoms. The van der Waals surface area contributed by atoms with Crippen LogP contribution in [-0.4, -0.2) is 32.8 Å². The number of carbonyl (C=O) groups is 1. The fourth-order valence-electron chi connectivity index (χ4n) is 2.69. The Morgan fingerprint density at radius 2 is 2.53 bits per heavy atom. The second kappa shape index (κ2) is 4.83. The van der Waals surface area contributed by atoms with Crippen LogP contribution >= 0.6 is 0 Å². The summed E-state index contributed by atoms with van der Waals surface area (Å²) < 4.78 is 1.83. The minimum Gasteiger partial charge on any atom is -0.368 e. The van der Waals surface area contributed by atoms with E-state index in [-0.39, 0.29) is 11.9 Å². The van der Waals surface area contributed by atoms with E-state index in [1.165, 1.54) is 6.33 Å². The largest absolute Gasteiger partial charge is 0.368 e. The minimum absolute atomic E-state index is 0.206. The van der Waals surface area contributed by atoms with Gasteiger partial charge in [-0.15, -0.1) is 0 Å². The van der Waals surface area contributed by atoms with Crippen LogP contribution in [0, 0.1) is 0 Å². The molecule has 1 aromatic heterocycles. The van der Waals surface area contributed by atoms with E-state index in [9.17, 15) is 4.79 Å². The molecule has 0 saturated heterocycles. The number of primary amides is 1. The fraction of sp³-hybridized carbons (Fsp3) is 0.727. The third-order valence-corrected chi connectivity index (χ3v) is 3.52. The monoisotopic (exact) mass is 237 g/mol. The number of nitrogens with zero attached hydrogens (tertiary/aromatic N) is 3. The maximum atomic E-state index is 11.7. The van der Waals surface area contributed by atoms with Gasteiger partial charge in [-0.05, 0) is 32.2 Å². The zero-order valence-electron chi connectivity index (χ0n) is 10.1. The zero-order chi connectivity index (χ0) is 12.3. The third-order valence-electron chi connectivity index (χ3n) is 3.52. The molecule has 1 saturated carbocycles. The van der Waals surface area contributed by atoms with E-state index in [2.05, 4.69) is 15.4 Å². The molecule has 0 aromatic carbocycles. The van der Waals surface area contributed by atoms with Gasteiger partial charge in [0.25, 0.3) is 0 Å². The van der Waals surface area contributed by atoms with Gasteiger partial charge in [-0.1, -0.05) is 6.92 Å². The first-order valence-corrected chi connectivity index (χ1v) is 6.07. The number of nitrogens with two attached hydrogens (primary N) is 1. The van der Waals surface area contributed by atoms with Crippen molar-refractivity contribution in [2.75, 3.05) is 6.54 Å². The van der Waals surface area contributed by atoms with Gasteiger partial charge in [0.05, 0.1) is 11.6 Å². The van der Waals surface area contributed by atoms with Crippen LogP contribution in [0.1, 0.15) is 38.6 Å². The highest BCUT2D eigenvalue weighted by Crippen LogP contribution is 2.34. The van der Waals surface area contributed by atoms with E-state index < -0.39 is 5.54 Å². The SMILES string of the molecule is CCNC1(C(N)=O)CCCC(n2cncn2)C1. The van der Waals surface area contributed by atoms with E-state index in [0.717, 1.165) is 25.8 Å². The molecule has 0 radical (unpaired) electrons. The molecule has 1 aliphatic rings. The highest BCUT2D eigenvalue weighted by Gasteiger charge is 2.41. The molecule has 1 amide bonds. The van der Waals surface area contributed by atoms with E-state index in [4.69, 9.17) is 5.73 Å². The summed E-state index contributed by atoms with van der Waals surface area (Å²) >= 11 is 0. The Labute approximate surface area is 101 Å². The Morgan fingerprint density at radius 3 is 3.12 bits per heavy atom. The highest BCUT2D eigenvalue weighted by molar-refractivity contribution is 5.84. The Hall–Kier alpha value is -1.43. The lowest BCUT2D eigenvalue weighted by molar-refractivity contribution is -0.126. The first-order chi connectivity index (χ1) is 8.18. The van der Waals surface area contributed by atoms with Gasteiger partial charge in [0.15, 0.2) is 0 Å². The van der Waals surface area contributed by atoms with Crippen molar-refractivity contribution in [2.45, 2.75) is 44.2 Å². The fourth-order valence-corrected chi connectivity index (χ4v) is 2.69. The average Bonchev–Trinajstić information content (AvgIpc) is 2.83. The molecule has 6 nitrogen and oxygen atoms in total.